The van der Waals surface area contributed by atoms with Crippen LogP contribution in [0.4, 0.5) is 5.69 Å². The van der Waals surface area contributed by atoms with Gasteiger partial charge in [-0.05, 0) is 48.9 Å². The molecule has 0 aromatic heterocycles. The third kappa shape index (κ3) is 2.36. The van der Waals surface area contributed by atoms with Gasteiger partial charge in [-0.1, -0.05) is 6.07 Å². The Balaban J connectivity index is 1.86. The van der Waals surface area contributed by atoms with E-state index in [9.17, 15) is 19.8 Å². The number of carbonyl (C=O) groups is 2. The van der Waals surface area contributed by atoms with Gasteiger partial charge in [0.2, 0.25) is 6.79 Å². The second-order valence-corrected chi connectivity index (χ2v) is 6.03. The number of anilines is 1. The van der Waals surface area contributed by atoms with Crippen LogP contribution in [0.3, 0.4) is 0 Å². The summed E-state index contributed by atoms with van der Waals surface area (Å²) in [5.74, 6) is -0.526. The zero-order valence-electron chi connectivity index (χ0n) is 13.8. The van der Waals surface area contributed by atoms with Crippen molar-refractivity contribution in [3.05, 3.63) is 59.4 Å². The predicted octanol–water partition coefficient (Wildman–Crippen LogP) is 2.61. The van der Waals surface area contributed by atoms with Crippen LogP contribution in [-0.4, -0.2) is 28.7 Å². The Morgan fingerprint density at radius 2 is 1.77 bits per heavy atom. The molecule has 7 heteroatoms. The molecule has 4 rings (SSSR count). The van der Waals surface area contributed by atoms with Gasteiger partial charge in [-0.2, -0.15) is 0 Å². The fraction of sp³-hybridized carbons (Fsp3) is 0.158. The number of hydrogen-bond acceptors (Lipinski definition) is 6. The standard InChI is InChI=1S/C19H15NO6/c1-10(21)16-17(11-2-7-14-15(8-11)26-9-25-14)20(19(24)18(16)23)12-3-5-13(22)6-4-12/h2-8,17,22-23H,9H2,1H3/t17-/m1/s1. The van der Waals surface area contributed by atoms with Gasteiger partial charge in [0.15, 0.2) is 23.0 Å². The van der Waals surface area contributed by atoms with Crippen molar-refractivity contribution in [3.63, 3.8) is 0 Å². The van der Waals surface area contributed by atoms with E-state index in [0.29, 0.717) is 22.7 Å². The Kier molecular flexibility index (Phi) is 3.57. The molecule has 1 amide bonds. The number of fused-ring (bicyclic) bond motifs is 1. The molecule has 7 nitrogen and oxygen atoms in total. The van der Waals surface area contributed by atoms with Crippen molar-refractivity contribution in [3.8, 4) is 17.2 Å². The first kappa shape index (κ1) is 16.0. The van der Waals surface area contributed by atoms with Crippen LogP contribution in [0.25, 0.3) is 0 Å². The topological polar surface area (TPSA) is 96.3 Å². The molecule has 0 fully saturated rings. The molecule has 26 heavy (non-hydrogen) atoms. The zero-order valence-corrected chi connectivity index (χ0v) is 13.8. The number of ether oxygens (including phenoxy) is 2. The molecule has 2 N–H and O–H groups in total. The fourth-order valence-corrected chi connectivity index (χ4v) is 3.24. The molecule has 0 aliphatic carbocycles. The number of hydrogen-bond donors (Lipinski definition) is 2. The second kappa shape index (κ2) is 5.80. The Hall–Kier alpha value is -3.48. The number of aliphatic hydroxyl groups excluding tert-OH is 1. The minimum Gasteiger partial charge on any atom is -0.508 e. The van der Waals surface area contributed by atoms with Crippen molar-refractivity contribution in [2.75, 3.05) is 11.7 Å². The number of rotatable bonds is 3. The number of Topliss-reactive ketones (excluding diaryl/α,β-unsaturated/α-hetero) is 1. The number of aromatic hydroxyl groups is 1. The van der Waals surface area contributed by atoms with Crippen LogP contribution in [0, 0.1) is 0 Å². The Bertz CT molecular complexity index is 947. The van der Waals surface area contributed by atoms with E-state index in [4.69, 9.17) is 9.47 Å². The van der Waals surface area contributed by atoms with Gasteiger partial charge in [0.25, 0.3) is 5.91 Å². The molecule has 0 saturated heterocycles. The molecule has 2 heterocycles. The van der Waals surface area contributed by atoms with Gasteiger partial charge in [0, 0.05) is 5.69 Å². The van der Waals surface area contributed by atoms with Crippen molar-refractivity contribution >= 4 is 17.4 Å². The first-order valence-corrected chi connectivity index (χ1v) is 7.93. The van der Waals surface area contributed by atoms with E-state index in [1.165, 1.54) is 24.0 Å². The number of carbonyl (C=O) groups excluding carboxylic acids is 2. The van der Waals surface area contributed by atoms with Crippen molar-refractivity contribution < 1.29 is 29.3 Å². The normalized spacial score (nSPS) is 18.6. The lowest BCUT2D eigenvalue weighted by molar-refractivity contribution is -0.117. The smallest absolute Gasteiger partial charge is 0.294 e. The molecule has 0 spiro atoms. The van der Waals surface area contributed by atoms with Gasteiger partial charge in [-0.25, -0.2) is 0 Å². The lowest BCUT2D eigenvalue weighted by Crippen LogP contribution is -2.30. The summed E-state index contributed by atoms with van der Waals surface area (Å²) in [5, 5.41) is 19.8. The van der Waals surface area contributed by atoms with E-state index >= 15 is 0 Å². The highest BCUT2D eigenvalue weighted by Crippen LogP contribution is 2.44. The molecule has 1 atom stereocenters. The van der Waals surface area contributed by atoms with Crippen molar-refractivity contribution in [2.24, 2.45) is 0 Å². The van der Waals surface area contributed by atoms with Gasteiger partial charge in [0.05, 0.1) is 11.6 Å². The Morgan fingerprint density at radius 3 is 2.46 bits per heavy atom. The molecule has 0 radical (unpaired) electrons. The van der Waals surface area contributed by atoms with Gasteiger partial charge >= 0.3 is 0 Å². The average molecular weight is 353 g/mol. The van der Waals surface area contributed by atoms with E-state index in [1.807, 2.05) is 0 Å². The van der Waals surface area contributed by atoms with E-state index < -0.39 is 23.5 Å². The van der Waals surface area contributed by atoms with Crippen LogP contribution in [-0.2, 0) is 9.59 Å². The molecular weight excluding hydrogens is 338 g/mol. The van der Waals surface area contributed by atoms with Crippen LogP contribution < -0.4 is 14.4 Å². The highest BCUT2D eigenvalue weighted by Gasteiger charge is 2.43. The van der Waals surface area contributed by atoms with E-state index in [2.05, 4.69) is 0 Å². The van der Waals surface area contributed by atoms with Crippen molar-refractivity contribution in [2.45, 2.75) is 13.0 Å². The van der Waals surface area contributed by atoms with Gasteiger partial charge in [0.1, 0.15) is 5.75 Å². The van der Waals surface area contributed by atoms with Crippen LogP contribution in [0.2, 0.25) is 0 Å². The molecule has 2 aromatic rings. The number of aliphatic hydroxyl groups is 1. The molecule has 0 saturated carbocycles. The quantitative estimate of drug-likeness (QED) is 0.880. The Labute approximate surface area is 148 Å². The van der Waals surface area contributed by atoms with E-state index in [0.717, 1.165) is 0 Å². The lowest BCUT2D eigenvalue weighted by atomic mass is 9.96. The zero-order chi connectivity index (χ0) is 18.4. The monoisotopic (exact) mass is 353 g/mol. The highest BCUT2D eigenvalue weighted by molar-refractivity contribution is 6.16. The summed E-state index contributed by atoms with van der Waals surface area (Å²) in [5.41, 5.74) is 1.06. The summed E-state index contributed by atoms with van der Waals surface area (Å²) in [4.78, 5) is 26.2. The third-order valence-electron chi connectivity index (χ3n) is 4.43. The summed E-state index contributed by atoms with van der Waals surface area (Å²) >= 11 is 0. The lowest BCUT2D eigenvalue weighted by Gasteiger charge is -2.26. The summed E-state index contributed by atoms with van der Waals surface area (Å²) < 4.78 is 10.7. The molecule has 2 aliphatic heterocycles. The van der Waals surface area contributed by atoms with Gasteiger partial charge in [-0.15, -0.1) is 0 Å². The highest BCUT2D eigenvalue weighted by atomic mass is 16.7. The van der Waals surface area contributed by atoms with E-state index in [-0.39, 0.29) is 18.1 Å². The van der Waals surface area contributed by atoms with Crippen LogP contribution in [0.1, 0.15) is 18.5 Å². The van der Waals surface area contributed by atoms with E-state index in [1.54, 1.807) is 30.3 Å². The van der Waals surface area contributed by atoms with Crippen molar-refractivity contribution in [1.82, 2.24) is 0 Å². The molecule has 0 bridgehead atoms. The maximum absolute atomic E-state index is 12.7. The van der Waals surface area contributed by atoms with Gasteiger partial charge < -0.3 is 19.7 Å². The van der Waals surface area contributed by atoms with Gasteiger partial charge in [-0.3, -0.25) is 14.5 Å². The Morgan fingerprint density at radius 1 is 1.08 bits per heavy atom. The number of nitrogens with zero attached hydrogens (tertiary/aromatic N) is 1. The minimum absolute atomic E-state index is 0.0157. The maximum atomic E-state index is 12.7. The molecule has 132 valence electrons. The molecule has 2 aliphatic rings. The maximum Gasteiger partial charge on any atom is 0.294 e. The average Bonchev–Trinajstić information content (AvgIpc) is 3.18. The molecule has 0 unspecified atom stereocenters. The summed E-state index contributed by atoms with van der Waals surface area (Å²) in [6.45, 7) is 1.41. The predicted molar refractivity (Wildman–Crippen MR) is 91.2 cm³/mol. The second-order valence-electron chi connectivity index (χ2n) is 6.03. The molecular formula is C19H15NO6. The van der Waals surface area contributed by atoms with Crippen molar-refractivity contribution in [1.29, 1.82) is 0 Å². The number of amides is 1. The van der Waals surface area contributed by atoms with Crippen LogP contribution in [0.15, 0.2) is 53.8 Å². The summed E-state index contributed by atoms with van der Waals surface area (Å²) in [6.07, 6.45) is 0. The summed E-state index contributed by atoms with van der Waals surface area (Å²) in [7, 11) is 0. The minimum atomic E-state index is -0.806. The first-order valence-electron chi connectivity index (χ1n) is 7.93. The number of ketones is 1. The molecule has 2 aromatic carbocycles. The number of phenolic OH excluding ortho intramolecular Hbond substituents is 1. The largest absolute Gasteiger partial charge is 0.508 e. The fourth-order valence-electron chi connectivity index (χ4n) is 3.24. The summed E-state index contributed by atoms with van der Waals surface area (Å²) in [6, 6.07) is 10.3. The number of benzene rings is 2. The first-order chi connectivity index (χ1) is 12.5. The SMILES string of the molecule is CC(=O)C1=C(O)C(=O)N(c2ccc(O)cc2)[C@@H]1c1ccc2c(c1)OCO2. The number of phenols is 1. The third-order valence-corrected chi connectivity index (χ3v) is 4.43. The van der Waals surface area contributed by atoms with Crippen LogP contribution >= 0.6 is 0 Å². The van der Waals surface area contributed by atoms with Crippen LogP contribution in [0.5, 0.6) is 17.2 Å².